The van der Waals surface area contributed by atoms with Gasteiger partial charge in [-0.05, 0) is 54.2 Å². The Morgan fingerprint density at radius 2 is 1.81 bits per heavy atom. The SMILES string of the molecule is Cc1nc(=S)c(C=O)c(-c2ccc(-c3ccc(F)cc3C)cc2C(C)C)[nH]1. The number of carbonyl (C=O) groups excluding carboxylic acids is 1. The van der Waals surface area contributed by atoms with Gasteiger partial charge < -0.3 is 4.98 Å². The summed E-state index contributed by atoms with van der Waals surface area (Å²) in [4.78, 5) is 19.0. The Balaban J connectivity index is 2.25. The van der Waals surface area contributed by atoms with Crippen molar-refractivity contribution < 1.29 is 9.18 Å². The third kappa shape index (κ3) is 3.74. The lowest BCUT2D eigenvalue weighted by molar-refractivity contribution is 0.112. The molecule has 0 fully saturated rings. The van der Waals surface area contributed by atoms with Crippen LogP contribution >= 0.6 is 12.2 Å². The molecule has 1 heterocycles. The molecular weight excluding hydrogens is 359 g/mol. The van der Waals surface area contributed by atoms with Gasteiger partial charge in [-0.25, -0.2) is 9.37 Å². The minimum absolute atomic E-state index is 0.218. The number of rotatable bonds is 4. The van der Waals surface area contributed by atoms with Crippen LogP contribution in [0.5, 0.6) is 0 Å². The number of nitrogens with one attached hydrogen (secondary N) is 1. The van der Waals surface area contributed by atoms with Gasteiger partial charge in [0.2, 0.25) is 0 Å². The van der Waals surface area contributed by atoms with Crippen LogP contribution < -0.4 is 0 Å². The summed E-state index contributed by atoms with van der Waals surface area (Å²) in [5.74, 6) is 0.636. The molecule has 3 aromatic rings. The van der Waals surface area contributed by atoms with Crippen molar-refractivity contribution in [2.24, 2.45) is 0 Å². The number of aromatic amines is 1. The predicted molar refractivity (Wildman–Crippen MR) is 109 cm³/mol. The molecule has 1 N–H and O–H groups in total. The first kappa shape index (κ1) is 19.1. The lowest BCUT2D eigenvalue weighted by Gasteiger charge is -2.17. The maximum Gasteiger partial charge on any atom is 0.155 e. The average Bonchev–Trinajstić information content (AvgIpc) is 2.60. The number of aromatic nitrogens is 2. The van der Waals surface area contributed by atoms with E-state index >= 15 is 0 Å². The van der Waals surface area contributed by atoms with E-state index in [0.717, 1.165) is 34.1 Å². The van der Waals surface area contributed by atoms with E-state index in [9.17, 15) is 9.18 Å². The van der Waals surface area contributed by atoms with Gasteiger partial charge in [0.1, 0.15) is 16.3 Å². The lowest BCUT2D eigenvalue weighted by Crippen LogP contribution is -2.03. The van der Waals surface area contributed by atoms with E-state index in [1.54, 1.807) is 6.07 Å². The monoisotopic (exact) mass is 380 g/mol. The molecule has 2 aromatic carbocycles. The second kappa shape index (κ2) is 7.53. The average molecular weight is 380 g/mol. The van der Waals surface area contributed by atoms with Crippen LogP contribution in [-0.2, 0) is 0 Å². The molecule has 0 amide bonds. The lowest BCUT2D eigenvalue weighted by atomic mass is 9.89. The van der Waals surface area contributed by atoms with Crippen molar-refractivity contribution in [3.8, 4) is 22.4 Å². The fraction of sp³-hybridized carbons (Fsp3) is 0.227. The van der Waals surface area contributed by atoms with Crippen LogP contribution in [0.4, 0.5) is 4.39 Å². The fourth-order valence-corrected chi connectivity index (χ4v) is 3.59. The molecule has 3 nitrogen and oxygen atoms in total. The van der Waals surface area contributed by atoms with Crippen LogP contribution in [0.1, 0.15) is 47.1 Å². The van der Waals surface area contributed by atoms with Crippen LogP contribution in [-0.4, -0.2) is 16.3 Å². The first-order valence-electron chi connectivity index (χ1n) is 8.78. The molecule has 138 valence electrons. The molecule has 0 aliphatic heterocycles. The Kier molecular flexibility index (Phi) is 5.33. The molecule has 0 bridgehead atoms. The highest BCUT2D eigenvalue weighted by molar-refractivity contribution is 7.71. The quantitative estimate of drug-likeness (QED) is 0.435. The van der Waals surface area contributed by atoms with Crippen LogP contribution in [0, 0.1) is 24.3 Å². The van der Waals surface area contributed by atoms with E-state index in [-0.39, 0.29) is 11.7 Å². The van der Waals surface area contributed by atoms with E-state index in [1.165, 1.54) is 12.1 Å². The molecule has 3 rings (SSSR count). The Morgan fingerprint density at radius 3 is 2.44 bits per heavy atom. The van der Waals surface area contributed by atoms with Crippen molar-refractivity contribution in [1.29, 1.82) is 0 Å². The van der Waals surface area contributed by atoms with E-state index in [0.29, 0.717) is 21.7 Å². The minimum Gasteiger partial charge on any atom is -0.343 e. The molecule has 0 radical (unpaired) electrons. The predicted octanol–water partition coefficient (Wildman–Crippen LogP) is 6.17. The topological polar surface area (TPSA) is 45.8 Å². The molecular formula is C22H21FN2OS. The maximum atomic E-state index is 13.5. The summed E-state index contributed by atoms with van der Waals surface area (Å²) < 4.78 is 13.8. The summed E-state index contributed by atoms with van der Waals surface area (Å²) in [6, 6.07) is 10.9. The van der Waals surface area contributed by atoms with Crippen LogP contribution in [0.2, 0.25) is 0 Å². The van der Waals surface area contributed by atoms with Crippen molar-refractivity contribution in [2.45, 2.75) is 33.6 Å². The molecule has 0 aliphatic rings. The van der Waals surface area contributed by atoms with Gasteiger partial charge in [0, 0.05) is 5.56 Å². The van der Waals surface area contributed by atoms with Gasteiger partial charge >= 0.3 is 0 Å². The number of nitrogens with zero attached hydrogens (tertiary/aromatic N) is 1. The Hall–Kier alpha value is -2.66. The van der Waals surface area contributed by atoms with Crippen LogP contribution in [0.25, 0.3) is 22.4 Å². The number of hydrogen-bond acceptors (Lipinski definition) is 3. The first-order chi connectivity index (χ1) is 12.8. The fourth-order valence-electron chi connectivity index (χ4n) is 3.30. The molecule has 0 atom stereocenters. The highest BCUT2D eigenvalue weighted by atomic mass is 32.1. The molecule has 0 aliphatic carbocycles. The standard InChI is InChI=1S/C22H21FN2OS/c1-12(2)19-10-15(17-8-6-16(23)9-13(17)3)5-7-18(19)21-20(11-26)22(27)25-14(4)24-21/h5-12H,1-4H3,(H,24,25,27). The summed E-state index contributed by atoms with van der Waals surface area (Å²) in [5, 5.41) is 0. The summed E-state index contributed by atoms with van der Waals surface area (Å²) in [5.41, 5.74) is 5.96. The summed E-state index contributed by atoms with van der Waals surface area (Å²) in [6.07, 6.45) is 0.753. The molecule has 0 unspecified atom stereocenters. The van der Waals surface area contributed by atoms with E-state index < -0.39 is 0 Å². The van der Waals surface area contributed by atoms with E-state index in [4.69, 9.17) is 12.2 Å². The number of aldehydes is 1. The van der Waals surface area contributed by atoms with Gasteiger partial charge in [0.25, 0.3) is 0 Å². The van der Waals surface area contributed by atoms with Crippen molar-refractivity contribution in [3.05, 3.63) is 69.4 Å². The maximum absolute atomic E-state index is 13.5. The zero-order chi connectivity index (χ0) is 19.7. The highest BCUT2D eigenvalue weighted by Crippen LogP contribution is 2.35. The van der Waals surface area contributed by atoms with Crippen LogP contribution in [0.3, 0.4) is 0 Å². The summed E-state index contributed by atoms with van der Waals surface area (Å²) >= 11 is 5.27. The Labute approximate surface area is 163 Å². The number of benzene rings is 2. The molecule has 1 aromatic heterocycles. The molecule has 0 saturated carbocycles. The zero-order valence-electron chi connectivity index (χ0n) is 15.8. The molecule has 5 heteroatoms. The van der Waals surface area contributed by atoms with Gasteiger partial charge in [-0.2, -0.15) is 0 Å². The number of carbonyl (C=O) groups is 1. The summed E-state index contributed by atoms with van der Waals surface area (Å²) in [6.45, 7) is 7.92. The van der Waals surface area contributed by atoms with Gasteiger partial charge in [-0.15, -0.1) is 0 Å². The minimum atomic E-state index is -0.243. The second-order valence-electron chi connectivity index (χ2n) is 6.95. The van der Waals surface area contributed by atoms with Crippen LogP contribution in [0.15, 0.2) is 36.4 Å². The third-order valence-electron chi connectivity index (χ3n) is 4.64. The highest BCUT2D eigenvalue weighted by Gasteiger charge is 2.16. The van der Waals surface area contributed by atoms with Gasteiger partial charge in [0.15, 0.2) is 6.29 Å². The van der Waals surface area contributed by atoms with Gasteiger partial charge in [-0.3, -0.25) is 4.79 Å². The largest absolute Gasteiger partial charge is 0.343 e. The van der Waals surface area contributed by atoms with E-state index in [1.807, 2.05) is 26.0 Å². The Morgan fingerprint density at radius 1 is 1.11 bits per heavy atom. The van der Waals surface area contributed by atoms with E-state index in [2.05, 4.69) is 29.9 Å². The molecule has 0 saturated heterocycles. The van der Waals surface area contributed by atoms with Gasteiger partial charge in [-0.1, -0.05) is 50.3 Å². The molecule has 0 spiro atoms. The normalized spacial score (nSPS) is 11.0. The zero-order valence-corrected chi connectivity index (χ0v) is 16.6. The number of aryl methyl sites for hydroxylation is 2. The van der Waals surface area contributed by atoms with Gasteiger partial charge in [0.05, 0.1) is 11.3 Å². The molecule has 27 heavy (non-hydrogen) atoms. The number of hydrogen-bond donors (Lipinski definition) is 1. The number of H-pyrrole nitrogens is 1. The number of halogens is 1. The Bertz CT molecular complexity index is 1090. The second-order valence-corrected chi connectivity index (χ2v) is 7.34. The third-order valence-corrected chi connectivity index (χ3v) is 4.95. The van der Waals surface area contributed by atoms with Crippen molar-refractivity contribution >= 4 is 18.5 Å². The summed E-state index contributed by atoms with van der Waals surface area (Å²) in [7, 11) is 0. The smallest absolute Gasteiger partial charge is 0.155 e. The first-order valence-corrected chi connectivity index (χ1v) is 9.19. The van der Waals surface area contributed by atoms with Crippen molar-refractivity contribution in [2.75, 3.05) is 0 Å². The van der Waals surface area contributed by atoms with Crippen molar-refractivity contribution in [3.63, 3.8) is 0 Å². The van der Waals surface area contributed by atoms with Crippen molar-refractivity contribution in [1.82, 2.24) is 9.97 Å².